The van der Waals surface area contributed by atoms with Crippen LogP contribution in [0.3, 0.4) is 0 Å². The number of hydrogen-bond acceptors (Lipinski definition) is 6. The van der Waals surface area contributed by atoms with Crippen LogP contribution in [0.5, 0.6) is 0 Å². The average molecular weight is 298 g/mol. The Labute approximate surface area is 124 Å². The van der Waals surface area contributed by atoms with Crippen LogP contribution in [0.1, 0.15) is 30.0 Å². The highest BCUT2D eigenvalue weighted by atomic mass is 16.6. The van der Waals surface area contributed by atoms with E-state index in [0.29, 0.717) is 25.4 Å². The van der Waals surface area contributed by atoms with Crippen molar-refractivity contribution in [2.24, 2.45) is 0 Å². The Morgan fingerprint density at radius 3 is 2.48 bits per heavy atom. The van der Waals surface area contributed by atoms with Gasteiger partial charge in [0.15, 0.2) is 5.69 Å². The molecule has 0 atom stereocenters. The third-order valence-electron chi connectivity index (χ3n) is 3.10. The van der Waals surface area contributed by atoms with E-state index in [1.165, 1.54) is 11.8 Å². The van der Waals surface area contributed by atoms with Gasteiger partial charge in [0.1, 0.15) is 13.2 Å². The highest BCUT2D eigenvalue weighted by Gasteiger charge is 2.20. The first kappa shape index (κ1) is 17.1. The van der Waals surface area contributed by atoms with Gasteiger partial charge < -0.3 is 14.4 Å². The molecule has 118 valence electrons. The minimum absolute atomic E-state index is 0.0614. The normalized spacial score (nSPS) is 10.5. The van der Waals surface area contributed by atoms with Gasteiger partial charge in [-0.25, -0.2) is 9.48 Å². The van der Waals surface area contributed by atoms with Gasteiger partial charge in [-0.15, -0.1) is 5.10 Å². The van der Waals surface area contributed by atoms with E-state index in [-0.39, 0.29) is 24.8 Å². The second-order valence-electron chi connectivity index (χ2n) is 4.38. The van der Waals surface area contributed by atoms with E-state index in [1.54, 1.807) is 11.8 Å². The van der Waals surface area contributed by atoms with Crippen LogP contribution in [-0.2, 0) is 20.8 Å². The maximum absolute atomic E-state index is 12.0. The molecule has 0 aliphatic rings. The number of nitrogens with zero attached hydrogens (tertiary/aromatic N) is 4. The summed E-state index contributed by atoms with van der Waals surface area (Å²) < 4.78 is 11.2. The van der Waals surface area contributed by atoms with Crippen molar-refractivity contribution in [3.05, 3.63) is 11.4 Å². The third-order valence-corrected chi connectivity index (χ3v) is 3.10. The maximum Gasteiger partial charge on any atom is 0.360 e. The molecule has 0 aliphatic heterocycles. The Hall–Kier alpha value is -1.96. The van der Waals surface area contributed by atoms with Crippen molar-refractivity contribution in [2.45, 2.75) is 27.3 Å². The second-order valence-corrected chi connectivity index (χ2v) is 4.38. The molecule has 0 unspecified atom stereocenters. The van der Waals surface area contributed by atoms with Gasteiger partial charge in [-0.1, -0.05) is 5.21 Å². The summed E-state index contributed by atoms with van der Waals surface area (Å²) in [6, 6.07) is 0. The second kappa shape index (κ2) is 8.35. The molecule has 0 aromatic carbocycles. The highest BCUT2D eigenvalue weighted by Crippen LogP contribution is 2.06. The molecule has 8 heteroatoms. The van der Waals surface area contributed by atoms with E-state index in [4.69, 9.17) is 9.47 Å². The summed E-state index contributed by atoms with van der Waals surface area (Å²) in [6.45, 7) is 7.31. The van der Waals surface area contributed by atoms with Gasteiger partial charge in [0.05, 0.1) is 12.3 Å². The number of esters is 1. The number of methoxy groups -OCH3 is 1. The van der Waals surface area contributed by atoms with Crippen molar-refractivity contribution in [1.29, 1.82) is 0 Å². The standard InChI is InChI=1S/C13H22N4O4/c1-5-16(6-2)11(18)9-17-10(3)12(14-15-17)13(19)21-8-7-20-4/h5-9H2,1-4H3. The summed E-state index contributed by atoms with van der Waals surface area (Å²) in [5.74, 6) is -0.626. The summed E-state index contributed by atoms with van der Waals surface area (Å²) in [6.07, 6.45) is 0. The minimum atomic E-state index is -0.564. The molecule has 0 N–H and O–H groups in total. The minimum Gasteiger partial charge on any atom is -0.458 e. The summed E-state index contributed by atoms with van der Waals surface area (Å²) in [7, 11) is 1.52. The summed E-state index contributed by atoms with van der Waals surface area (Å²) in [5.41, 5.74) is 0.636. The zero-order chi connectivity index (χ0) is 15.8. The van der Waals surface area contributed by atoms with Gasteiger partial charge in [0, 0.05) is 20.2 Å². The molecule has 1 aromatic heterocycles. The highest BCUT2D eigenvalue weighted by molar-refractivity contribution is 5.88. The number of rotatable bonds is 8. The zero-order valence-electron chi connectivity index (χ0n) is 13.0. The SMILES string of the molecule is CCN(CC)C(=O)Cn1nnc(C(=O)OCCOC)c1C. The third kappa shape index (κ3) is 4.52. The van der Waals surface area contributed by atoms with Crippen LogP contribution in [-0.4, -0.2) is 65.2 Å². The first-order valence-electron chi connectivity index (χ1n) is 6.89. The largest absolute Gasteiger partial charge is 0.458 e. The van der Waals surface area contributed by atoms with Gasteiger partial charge in [0.2, 0.25) is 5.91 Å². The molecule has 1 rings (SSSR count). The van der Waals surface area contributed by atoms with Crippen LogP contribution in [0.4, 0.5) is 0 Å². The van der Waals surface area contributed by atoms with Crippen LogP contribution >= 0.6 is 0 Å². The topological polar surface area (TPSA) is 86.6 Å². The summed E-state index contributed by atoms with van der Waals surface area (Å²) >= 11 is 0. The number of carbonyl (C=O) groups excluding carboxylic acids is 2. The first-order chi connectivity index (χ1) is 10.0. The Morgan fingerprint density at radius 2 is 1.90 bits per heavy atom. The summed E-state index contributed by atoms with van der Waals surface area (Å²) in [4.78, 5) is 25.5. The lowest BCUT2D eigenvalue weighted by molar-refractivity contribution is -0.131. The molecular formula is C13H22N4O4. The van der Waals surface area contributed by atoms with Crippen LogP contribution < -0.4 is 0 Å². The smallest absolute Gasteiger partial charge is 0.360 e. The molecule has 8 nitrogen and oxygen atoms in total. The van der Waals surface area contributed by atoms with Crippen LogP contribution in [0.25, 0.3) is 0 Å². The van der Waals surface area contributed by atoms with E-state index >= 15 is 0 Å². The Bertz CT molecular complexity index is 483. The maximum atomic E-state index is 12.0. The van der Waals surface area contributed by atoms with Crippen molar-refractivity contribution >= 4 is 11.9 Å². The monoisotopic (exact) mass is 298 g/mol. The molecule has 0 radical (unpaired) electrons. The van der Waals surface area contributed by atoms with Crippen molar-refractivity contribution < 1.29 is 19.1 Å². The fourth-order valence-corrected chi connectivity index (χ4v) is 1.79. The molecule has 0 bridgehead atoms. The number of likely N-dealkylation sites (N-methyl/N-ethyl adjacent to an activating group) is 1. The van der Waals surface area contributed by atoms with Crippen molar-refractivity contribution in [3.63, 3.8) is 0 Å². The molecule has 1 amide bonds. The van der Waals surface area contributed by atoms with Gasteiger partial charge in [-0.05, 0) is 20.8 Å². The van der Waals surface area contributed by atoms with Crippen molar-refractivity contribution in [1.82, 2.24) is 19.9 Å². The lowest BCUT2D eigenvalue weighted by Gasteiger charge is -2.18. The predicted molar refractivity (Wildman–Crippen MR) is 74.8 cm³/mol. The summed E-state index contributed by atoms with van der Waals surface area (Å²) in [5, 5.41) is 7.63. The van der Waals surface area contributed by atoms with E-state index in [9.17, 15) is 9.59 Å². The van der Waals surface area contributed by atoms with E-state index in [0.717, 1.165) is 0 Å². The van der Waals surface area contributed by atoms with Crippen molar-refractivity contribution in [2.75, 3.05) is 33.4 Å². The molecular weight excluding hydrogens is 276 g/mol. The molecule has 0 saturated carbocycles. The molecule has 21 heavy (non-hydrogen) atoms. The lowest BCUT2D eigenvalue weighted by atomic mass is 10.3. The van der Waals surface area contributed by atoms with Gasteiger partial charge >= 0.3 is 5.97 Å². The quantitative estimate of drug-likeness (QED) is 0.505. The first-order valence-corrected chi connectivity index (χ1v) is 6.89. The fourth-order valence-electron chi connectivity index (χ4n) is 1.79. The fraction of sp³-hybridized carbons (Fsp3) is 0.692. The molecule has 1 aromatic rings. The number of aromatic nitrogens is 3. The lowest BCUT2D eigenvalue weighted by Crippen LogP contribution is -2.34. The van der Waals surface area contributed by atoms with Gasteiger partial charge in [0.25, 0.3) is 0 Å². The predicted octanol–water partition coefficient (Wildman–Crippen LogP) is 0.258. The van der Waals surface area contributed by atoms with Crippen molar-refractivity contribution in [3.8, 4) is 0 Å². The van der Waals surface area contributed by atoms with Crippen LogP contribution in [0.2, 0.25) is 0 Å². The van der Waals surface area contributed by atoms with Gasteiger partial charge in [-0.2, -0.15) is 0 Å². The van der Waals surface area contributed by atoms with Gasteiger partial charge in [-0.3, -0.25) is 4.79 Å². The number of carbonyl (C=O) groups is 2. The number of ether oxygens (including phenoxy) is 2. The molecule has 0 saturated heterocycles. The molecule has 1 heterocycles. The van der Waals surface area contributed by atoms with Crippen LogP contribution in [0, 0.1) is 6.92 Å². The molecule has 0 spiro atoms. The Balaban J connectivity index is 2.71. The number of amides is 1. The Kier molecular flexibility index (Phi) is 6.80. The zero-order valence-corrected chi connectivity index (χ0v) is 13.0. The van der Waals surface area contributed by atoms with E-state index < -0.39 is 5.97 Å². The molecule has 0 aliphatic carbocycles. The van der Waals surface area contributed by atoms with Crippen LogP contribution in [0.15, 0.2) is 0 Å². The Morgan fingerprint density at radius 1 is 1.24 bits per heavy atom. The average Bonchev–Trinajstić information content (AvgIpc) is 2.82. The van der Waals surface area contributed by atoms with E-state index in [2.05, 4.69) is 10.3 Å². The van der Waals surface area contributed by atoms with E-state index in [1.807, 2.05) is 13.8 Å². The number of hydrogen-bond donors (Lipinski definition) is 0. The molecule has 0 fully saturated rings.